The summed E-state index contributed by atoms with van der Waals surface area (Å²) in [6, 6.07) is 2.74. The Balaban J connectivity index is 1.71. The molecule has 1 aromatic heterocycles. The number of ether oxygens (including phenoxy) is 1. The van der Waals surface area contributed by atoms with Crippen molar-refractivity contribution in [3.05, 3.63) is 20.8 Å². The summed E-state index contributed by atoms with van der Waals surface area (Å²) in [5.41, 5.74) is -0.439. The molecule has 1 aliphatic rings. The smallest absolute Gasteiger partial charge is 0.407 e. The summed E-state index contributed by atoms with van der Waals surface area (Å²) >= 11 is 5.30. The average Bonchev–Trinajstić information content (AvgIpc) is 2.93. The predicted octanol–water partition coefficient (Wildman–Crippen LogP) is 4.05. The Morgan fingerprint density at radius 2 is 2.14 bits per heavy atom. The number of halogens is 1. The van der Waals surface area contributed by atoms with Crippen LogP contribution < -0.4 is 10.6 Å². The van der Waals surface area contributed by atoms with Crippen molar-refractivity contribution < 1.29 is 9.53 Å². The maximum Gasteiger partial charge on any atom is 0.407 e. The summed E-state index contributed by atoms with van der Waals surface area (Å²) in [7, 11) is 0. The van der Waals surface area contributed by atoms with Crippen LogP contribution in [0.25, 0.3) is 0 Å². The number of hydrogen-bond acceptors (Lipinski definition) is 4. The zero-order valence-electron chi connectivity index (χ0n) is 12.7. The molecule has 2 N–H and O–H groups in total. The number of amides is 1. The lowest BCUT2D eigenvalue weighted by Gasteiger charge is -2.21. The molecule has 0 bridgehead atoms. The molecule has 6 heteroatoms. The first kappa shape index (κ1) is 16.8. The summed E-state index contributed by atoms with van der Waals surface area (Å²) in [4.78, 5) is 13.1. The van der Waals surface area contributed by atoms with Crippen molar-refractivity contribution in [1.82, 2.24) is 10.6 Å². The Bertz CT molecular complexity index is 484. The highest BCUT2D eigenvalue weighted by atomic mass is 79.9. The van der Waals surface area contributed by atoms with E-state index < -0.39 is 5.60 Å². The Hall–Kier alpha value is -0.590. The van der Waals surface area contributed by atoms with Crippen LogP contribution in [0.1, 0.15) is 44.9 Å². The first-order valence-corrected chi connectivity index (χ1v) is 8.95. The van der Waals surface area contributed by atoms with Gasteiger partial charge in [0.2, 0.25) is 0 Å². The van der Waals surface area contributed by atoms with Crippen molar-refractivity contribution in [2.24, 2.45) is 0 Å². The van der Waals surface area contributed by atoms with E-state index in [1.54, 1.807) is 11.3 Å². The monoisotopic (exact) mass is 374 g/mol. The lowest BCUT2D eigenvalue weighted by atomic mass is 10.2. The van der Waals surface area contributed by atoms with Crippen molar-refractivity contribution in [2.45, 2.75) is 64.3 Å². The number of thiophene rings is 1. The second-order valence-corrected chi connectivity index (χ2v) is 8.28. The molecule has 2 rings (SSSR count). The summed E-state index contributed by atoms with van der Waals surface area (Å²) in [6.07, 6.45) is 2.74. The molecule has 1 fully saturated rings. The topological polar surface area (TPSA) is 50.4 Å². The Labute approximate surface area is 138 Å². The van der Waals surface area contributed by atoms with Gasteiger partial charge in [0.05, 0.1) is 0 Å². The number of nitrogens with one attached hydrogen (secondary N) is 2. The molecule has 0 radical (unpaired) electrons. The maximum absolute atomic E-state index is 11.8. The van der Waals surface area contributed by atoms with Crippen LogP contribution in [0, 0.1) is 0 Å². The zero-order valence-corrected chi connectivity index (χ0v) is 15.1. The van der Waals surface area contributed by atoms with Gasteiger partial charge in [-0.25, -0.2) is 4.79 Å². The Morgan fingerprint density at radius 3 is 2.76 bits per heavy atom. The minimum Gasteiger partial charge on any atom is -0.444 e. The molecule has 0 aliphatic heterocycles. The second-order valence-electron chi connectivity index (χ2n) is 6.43. The van der Waals surface area contributed by atoms with Crippen LogP contribution in [0.2, 0.25) is 0 Å². The largest absolute Gasteiger partial charge is 0.444 e. The van der Waals surface area contributed by atoms with Crippen LogP contribution in [-0.2, 0) is 11.3 Å². The molecule has 118 valence electrons. The van der Waals surface area contributed by atoms with Crippen LogP contribution in [0.5, 0.6) is 0 Å². The quantitative estimate of drug-likeness (QED) is 0.835. The molecule has 1 heterocycles. The first-order valence-electron chi connectivity index (χ1n) is 7.28. The average molecular weight is 375 g/mol. The maximum atomic E-state index is 11.8. The molecular formula is C15H23BrN2O2S. The SMILES string of the molecule is CC(C)(C)OC(=O)NC1CCC(NCc2sccc2Br)C1. The van der Waals surface area contributed by atoms with Crippen LogP contribution >= 0.6 is 27.3 Å². The first-order chi connectivity index (χ1) is 9.83. The van der Waals surface area contributed by atoms with Crippen molar-refractivity contribution in [3.63, 3.8) is 0 Å². The van der Waals surface area contributed by atoms with Crippen molar-refractivity contribution in [2.75, 3.05) is 0 Å². The highest BCUT2D eigenvalue weighted by Crippen LogP contribution is 2.24. The normalized spacial score (nSPS) is 22.3. The lowest BCUT2D eigenvalue weighted by molar-refractivity contribution is 0.0505. The molecule has 2 unspecified atom stereocenters. The van der Waals surface area contributed by atoms with E-state index >= 15 is 0 Å². The van der Waals surface area contributed by atoms with Gasteiger partial charge in [0.1, 0.15) is 5.60 Å². The highest BCUT2D eigenvalue weighted by molar-refractivity contribution is 9.10. The summed E-state index contributed by atoms with van der Waals surface area (Å²) < 4.78 is 6.46. The third-order valence-electron chi connectivity index (χ3n) is 3.40. The third-order valence-corrected chi connectivity index (χ3v) is 5.32. The van der Waals surface area contributed by atoms with Crippen molar-refractivity contribution in [3.8, 4) is 0 Å². The fraction of sp³-hybridized carbons (Fsp3) is 0.667. The van der Waals surface area contributed by atoms with E-state index in [9.17, 15) is 4.79 Å². The second kappa shape index (κ2) is 7.11. The van der Waals surface area contributed by atoms with E-state index in [4.69, 9.17) is 4.74 Å². The number of carbonyl (C=O) groups excluding carboxylic acids is 1. The number of rotatable bonds is 4. The van der Waals surface area contributed by atoms with Gasteiger partial charge in [-0.1, -0.05) is 0 Å². The minimum atomic E-state index is -0.439. The molecule has 4 nitrogen and oxygen atoms in total. The number of hydrogen-bond donors (Lipinski definition) is 2. The Morgan fingerprint density at radius 1 is 1.43 bits per heavy atom. The van der Waals surface area contributed by atoms with E-state index in [1.165, 1.54) is 9.35 Å². The van der Waals surface area contributed by atoms with E-state index in [2.05, 4.69) is 38.0 Å². The van der Waals surface area contributed by atoms with Gasteiger partial charge in [-0.2, -0.15) is 0 Å². The van der Waals surface area contributed by atoms with Crippen LogP contribution in [-0.4, -0.2) is 23.8 Å². The van der Waals surface area contributed by atoms with Crippen LogP contribution in [0.3, 0.4) is 0 Å². The molecule has 1 aliphatic carbocycles. The molecule has 1 aromatic rings. The van der Waals surface area contributed by atoms with Gasteiger partial charge in [-0.15, -0.1) is 11.3 Å². The predicted molar refractivity (Wildman–Crippen MR) is 89.7 cm³/mol. The summed E-state index contributed by atoms with van der Waals surface area (Å²) in [5.74, 6) is 0. The summed E-state index contributed by atoms with van der Waals surface area (Å²) in [6.45, 7) is 6.52. The molecule has 0 aromatic carbocycles. The fourth-order valence-corrected chi connectivity index (χ4v) is 3.90. The standard InChI is InChI=1S/C15H23BrN2O2S/c1-15(2,3)20-14(19)18-11-5-4-10(8-11)17-9-13-12(16)6-7-21-13/h6-7,10-11,17H,4-5,8-9H2,1-3H3,(H,18,19). The Kier molecular flexibility index (Phi) is 5.68. The van der Waals surface area contributed by atoms with Crippen molar-refractivity contribution >= 4 is 33.4 Å². The van der Waals surface area contributed by atoms with Gasteiger partial charge in [-0.05, 0) is 67.4 Å². The van der Waals surface area contributed by atoms with E-state index in [1.807, 2.05) is 20.8 Å². The molecule has 0 saturated heterocycles. The van der Waals surface area contributed by atoms with Crippen LogP contribution in [0.4, 0.5) is 4.79 Å². The fourth-order valence-electron chi connectivity index (χ4n) is 2.46. The molecule has 21 heavy (non-hydrogen) atoms. The van der Waals surface area contributed by atoms with E-state index in [0.29, 0.717) is 6.04 Å². The van der Waals surface area contributed by atoms with Gasteiger partial charge in [0.25, 0.3) is 0 Å². The lowest BCUT2D eigenvalue weighted by Crippen LogP contribution is -2.38. The molecule has 2 atom stereocenters. The third kappa shape index (κ3) is 5.60. The van der Waals surface area contributed by atoms with E-state index in [-0.39, 0.29) is 12.1 Å². The van der Waals surface area contributed by atoms with Gasteiger partial charge in [-0.3, -0.25) is 0 Å². The number of alkyl carbamates (subject to hydrolysis) is 1. The molecule has 1 saturated carbocycles. The number of carbonyl (C=O) groups is 1. The highest BCUT2D eigenvalue weighted by Gasteiger charge is 2.27. The molecular weight excluding hydrogens is 352 g/mol. The van der Waals surface area contributed by atoms with Crippen molar-refractivity contribution in [1.29, 1.82) is 0 Å². The minimum absolute atomic E-state index is 0.212. The molecule has 0 spiro atoms. The van der Waals surface area contributed by atoms with Crippen LogP contribution in [0.15, 0.2) is 15.9 Å². The molecule has 1 amide bonds. The summed E-state index contributed by atoms with van der Waals surface area (Å²) in [5, 5.41) is 8.61. The zero-order chi connectivity index (χ0) is 15.5. The van der Waals surface area contributed by atoms with Gasteiger partial charge < -0.3 is 15.4 Å². The van der Waals surface area contributed by atoms with Gasteiger partial charge >= 0.3 is 6.09 Å². The van der Waals surface area contributed by atoms with Gasteiger partial charge in [0.15, 0.2) is 0 Å². The van der Waals surface area contributed by atoms with E-state index in [0.717, 1.165) is 25.8 Å². The van der Waals surface area contributed by atoms with Gasteiger partial charge in [0, 0.05) is 28.0 Å².